The van der Waals surface area contributed by atoms with Gasteiger partial charge in [0.25, 0.3) is 0 Å². The molecule has 0 spiro atoms. The van der Waals surface area contributed by atoms with Gasteiger partial charge in [-0.3, -0.25) is 29.0 Å². The second-order valence-electron chi connectivity index (χ2n) is 11.9. The Morgan fingerprint density at radius 2 is 1.54 bits per heavy atom. The van der Waals surface area contributed by atoms with E-state index in [-0.39, 0.29) is 62.7 Å². The predicted octanol–water partition coefficient (Wildman–Crippen LogP) is 0.608. The van der Waals surface area contributed by atoms with Gasteiger partial charge in [-0.05, 0) is 55.2 Å². The summed E-state index contributed by atoms with van der Waals surface area (Å²) in [5, 5.41) is 15.9. The number of nitrogens with one attached hydrogen (secondary N) is 2. The minimum Gasteiger partial charge on any atom is -0.508 e. The van der Waals surface area contributed by atoms with Gasteiger partial charge in [-0.1, -0.05) is 32.1 Å². The topological polar surface area (TPSA) is 254 Å². The number of carbonyl (C=O) groups is 5. The van der Waals surface area contributed by atoms with Crippen molar-refractivity contribution >= 4 is 45.1 Å². The van der Waals surface area contributed by atoms with Crippen molar-refractivity contribution < 1.29 is 37.5 Å². The lowest BCUT2D eigenvalue weighted by atomic mass is 9.89. The van der Waals surface area contributed by atoms with E-state index >= 15 is 0 Å². The second kappa shape index (κ2) is 19.3. The molecule has 0 bridgehead atoms. The van der Waals surface area contributed by atoms with Crippen LogP contribution in [0.4, 0.5) is 0 Å². The highest BCUT2D eigenvalue weighted by Crippen LogP contribution is 2.20. The average molecular weight is 665 g/mol. The number of ketones is 2. The number of primary amides is 1. The molecule has 3 amide bonds. The van der Waals surface area contributed by atoms with E-state index in [1.807, 2.05) is 13.8 Å². The van der Waals surface area contributed by atoms with E-state index in [1.54, 1.807) is 12.1 Å². The number of hydrogen-bond acceptors (Lipinski definition) is 9. The summed E-state index contributed by atoms with van der Waals surface area (Å²) >= 11 is 0. The maximum Gasteiger partial charge on any atom is 0.224 e. The molecule has 0 unspecified atom stereocenters. The molecule has 1 aromatic carbocycles. The number of phenolic OH excluding ortho intramolecular Hbond substituents is 1. The van der Waals surface area contributed by atoms with Crippen LogP contribution in [0.1, 0.15) is 64.9 Å². The number of amides is 3. The van der Waals surface area contributed by atoms with Crippen LogP contribution in [0.15, 0.2) is 40.7 Å². The summed E-state index contributed by atoms with van der Waals surface area (Å²) in [4.78, 5) is 68.1. The lowest BCUT2D eigenvalue weighted by Crippen LogP contribution is -2.47. The number of nitrogens with zero attached hydrogens (tertiary/aromatic N) is 1. The number of Topliss-reactive ketones (excluding diaryl/α,β-unsaturated/α-hetero) is 2. The fourth-order valence-electron chi connectivity index (χ4n) is 4.77. The minimum absolute atomic E-state index is 0.0354. The summed E-state index contributed by atoms with van der Waals surface area (Å²) < 4.78 is 23.3. The predicted molar refractivity (Wildman–Crippen MR) is 175 cm³/mol. The Kier molecular flexibility index (Phi) is 16.7. The first-order valence-corrected chi connectivity index (χ1v) is 16.9. The molecule has 46 heavy (non-hydrogen) atoms. The minimum atomic E-state index is -3.53. The number of carbonyl (C=O) groups excluding carboxylic acids is 5. The molecule has 15 heteroatoms. The highest BCUT2D eigenvalue weighted by Gasteiger charge is 2.31. The van der Waals surface area contributed by atoms with Crippen molar-refractivity contribution in [3.8, 4) is 5.75 Å². The summed E-state index contributed by atoms with van der Waals surface area (Å²) in [5.41, 5.74) is 16.8. The van der Waals surface area contributed by atoms with Crippen molar-refractivity contribution in [2.24, 2.45) is 39.9 Å². The molecule has 0 heterocycles. The Bertz CT molecular complexity index is 1370. The fraction of sp³-hybridized carbons (Fsp3) is 0.548. The zero-order valence-corrected chi connectivity index (χ0v) is 27.7. The number of aliphatic imine (C=N–C) groups is 1. The molecule has 0 radical (unpaired) electrons. The van der Waals surface area contributed by atoms with E-state index in [2.05, 4.69) is 15.6 Å². The van der Waals surface area contributed by atoms with Crippen LogP contribution in [0.2, 0.25) is 0 Å². The monoisotopic (exact) mass is 664 g/mol. The summed E-state index contributed by atoms with van der Waals surface area (Å²) in [6.07, 6.45) is 2.33. The maximum atomic E-state index is 13.7. The molecule has 0 fully saturated rings. The molecule has 4 atom stereocenters. The van der Waals surface area contributed by atoms with E-state index in [0.29, 0.717) is 12.0 Å². The molecular formula is C31H48N6O8S. The van der Waals surface area contributed by atoms with Crippen molar-refractivity contribution in [2.75, 3.05) is 12.8 Å². The van der Waals surface area contributed by atoms with Crippen LogP contribution < -0.4 is 27.8 Å². The van der Waals surface area contributed by atoms with E-state index < -0.39 is 63.0 Å². The number of guanidine groups is 1. The first-order valence-electron chi connectivity index (χ1n) is 15.0. The fourth-order valence-corrected chi connectivity index (χ4v) is 5.28. The summed E-state index contributed by atoms with van der Waals surface area (Å²) in [6, 6.07) is 4.21. The molecule has 14 nitrogen and oxygen atoms in total. The van der Waals surface area contributed by atoms with Crippen molar-refractivity contribution in [3.05, 3.63) is 41.3 Å². The normalized spacial score (nSPS) is 14.2. The van der Waals surface area contributed by atoms with E-state index in [4.69, 9.17) is 17.2 Å². The molecule has 1 rings (SSSR count). The molecule has 0 aromatic heterocycles. The van der Waals surface area contributed by atoms with Gasteiger partial charge in [-0.25, -0.2) is 8.42 Å². The van der Waals surface area contributed by atoms with Gasteiger partial charge < -0.3 is 32.9 Å². The Labute approximate surface area is 270 Å². The molecule has 0 aliphatic rings. The van der Waals surface area contributed by atoms with Gasteiger partial charge in [-0.15, -0.1) is 0 Å². The van der Waals surface area contributed by atoms with Crippen LogP contribution in [0.25, 0.3) is 0 Å². The number of allylic oxidation sites excluding steroid dienone is 1. The van der Waals surface area contributed by atoms with Gasteiger partial charge >= 0.3 is 0 Å². The van der Waals surface area contributed by atoms with Crippen LogP contribution in [-0.2, 0) is 40.2 Å². The molecule has 0 saturated heterocycles. The van der Waals surface area contributed by atoms with Crippen LogP contribution in [0, 0.1) is 17.8 Å². The number of benzene rings is 1. The summed E-state index contributed by atoms with van der Waals surface area (Å²) in [7, 11) is -3.53. The van der Waals surface area contributed by atoms with Gasteiger partial charge in [0.05, 0.1) is 12.1 Å². The van der Waals surface area contributed by atoms with Crippen molar-refractivity contribution in [2.45, 2.75) is 77.8 Å². The molecule has 0 aliphatic carbocycles. The zero-order valence-electron chi connectivity index (χ0n) is 26.9. The molecule has 0 saturated carbocycles. The quantitative estimate of drug-likeness (QED) is 0.0606. The second-order valence-corrected chi connectivity index (χ2v) is 13.8. The average Bonchev–Trinajstić information content (AvgIpc) is 2.92. The third kappa shape index (κ3) is 17.3. The third-order valence-corrected chi connectivity index (χ3v) is 7.55. The standard InChI is InChI=1S/C31H48N6O8S/c1-19(2)14-25(27(40)16-22(17-29(32)42)11-13-46(4,44)45)37-30(43)23(6-5-12-35-31(33)34)18-28(41)26(36-20(3)38)15-21-7-9-24(39)10-8-21/h7-11,13,19,22-23,25-26,39H,5-6,12,14-18H2,1-4H3,(H2,32,42)(H,36,38)(H,37,43)(H4,33,34,35)/b13-11+/t22-,23+,25-,26-/m0/s1. The highest BCUT2D eigenvalue weighted by molar-refractivity contribution is 7.93. The Balaban J connectivity index is 3.27. The van der Waals surface area contributed by atoms with Gasteiger partial charge in [0, 0.05) is 50.3 Å². The lowest BCUT2D eigenvalue weighted by Gasteiger charge is -2.25. The Hall–Kier alpha value is -4.27. The third-order valence-electron chi connectivity index (χ3n) is 6.90. The number of sulfone groups is 1. The molecule has 1 aromatic rings. The molecule has 0 aliphatic heterocycles. The molecular weight excluding hydrogens is 616 g/mol. The Morgan fingerprint density at radius 3 is 2.07 bits per heavy atom. The van der Waals surface area contributed by atoms with Crippen molar-refractivity contribution in [1.82, 2.24) is 10.6 Å². The number of rotatable bonds is 21. The van der Waals surface area contributed by atoms with Gasteiger partial charge in [0.2, 0.25) is 17.7 Å². The van der Waals surface area contributed by atoms with Gasteiger partial charge in [0.1, 0.15) is 5.75 Å². The largest absolute Gasteiger partial charge is 0.508 e. The van der Waals surface area contributed by atoms with Crippen LogP contribution in [0.3, 0.4) is 0 Å². The van der Waals surface area contributed by atoms with E-state index in [0.717, 1.165) is 11.7 Å². The van der Waals surface area contributed by atoms with Gasteiger partial charge in [0.15, 0.2) is 27.4 Å². The first-order chi connectivity index (χ1) is 21.4. The summed E-state index contributed by atoms with van der Waals surface area (Å²) in [5.74, 6) is -4.41. The first kappa shape index (κ1) is 39.8. The van der Waals surface area contributed by atoms with Crippen molar-refractivity contribution in [1.29, 1.82) is 0 Å². The number of nitrogens with two attached hydrogens (primary N) is 3. The number of hydrogen-bond donors (Lipinski definition) is 6. The molecule has 256 valence electrons. The smallest absolute Gasteiger partial charge is 0.224 e. The van der Waals surface area contributed by atoms with E-state index in [1.165, 1.54) is 25.1 Å². The zero-order chi connectivity index (χ0) is 35.0. The van der Waals surface area contributed by atoms with Crippen LogP contribution in [-0.4, -0.2) is 73.7 Å². The highest BCUT2D eigenvalue weighted by atomic mass is 32.2. The summed E-state index contributed by atoms with van der Waals surface area (Å²) in [6.45, 7) is 5.18. The van der Waals surface area contributed by atoms with Crippen LogP contribution >= 0.6 is 0 Å². The van der Waals surface area contributed by atoms with E-state index in [9.17, 15) is 37.5 Å². The SMILES string of the molecule is CC(=O)N[C@@H](Cc1ccc(O)cc1)C(=O)C[C@@H](CCCN=C(N)N)C(=O)N[C@@H](CC(C)C)C(=O)C[C@H](/C=C/S(C)(=O)=O)CC(N)=O. The lowest BCUT2D eigenvalue weighted by molar-refractivity contribution is -0.134. The van der Waals surface area contributed by atoms with Crippen molar-refractivity contribution in [3.63, 3.8) is 0 Å². The van der Waals surface area contributed by atoms with Crippen LogP contribution in [0.5, 0.6) is 5.75 Å². The number of phenols is 1. The number of aromatic hydroxyl groups is 1. The van der Waals surface area contributed by atoms with Gasteiger partial charge in [-0.2, -0.15) is 0 Å². The Morgan fingerprint density at radius 1 is 0.935 bits per heavy atom. The molecule has 9 N–H and O–H groups in total. The maximum absolute atomic E-state index is 13.7.